The normalized spacial score (nSPS) is 18.1. The number of rotatable bonds is 4. The van der Waals surface area contributed by atoms with Gasteiger partial charge in [-0.05, 0) is 70.5 Å². The van der Waals surface area contributed by atoms with Gasteiger partial charge in [0.15, 0.2) is 8.32 Å². The average molecular weight is 359 g/mol. The fourth-order valence-corrected chi connectivity index (χ4v) is 3.73. The van der Waals surface area contributed by atoms with Crippen molar-refractivity contribution < 1.29 is 8.82 Å². The van der Waals surface area contributed by atoms with E-state index in [1.807, 2.05) is 12.1 Å². The van der Waals surface area contributed by atoms with Crippen LogP contribution in [-0.2, 0) is 4.43 Å². The lowest BCUT2D eigenvalue weighted by molar-refractivity contribution is 0.160. The molecule has 1 aliphatic carbocycles. The second-order valence-corrected chi connectivity index (χ2v) is 12.9. The molecule has 0 spiro atoms. The lowest BCUT2D eigenvalue weighted by atomic mass is 10.1. The molecule has 1 nitrogen and oxygen atoms in total. The van der Waals surface area contributed by atoms with Gasteiger partial charge in [0.2, 0.25) is 0 Å². The highest BCUT2D eigenvalue weighted by Gasteiger charge is 2.43. The van der Waals surface area contributed by atoms with Crippen LogP contribution in [0, 0.1) is 11.7 Å². The van der Waals surface area contributed by atoms with Gasteiger partial charge in [-0.25, -0.2) is 4.39 Å². The summed E-state index contributed by atoms with van der Waals surface area (Å²) < 4.78 is 20.6. The summed E-state index contributed by atoms with van der Waals surface area (Å²) in [6.07, 6.45) is 2.55. The minimum absolute atomic E-state index is 0.118. The van der Waals surface area contributed by atoms with E-state index in [1.165, 1.54) is 18.9 Å². The Bertz CT molecular complexity index is 492. The third kappa shape index (κ3) is 3.52. The van der Waals surface area contributed by atoms with Crippen LogP contribution >= 0.6 is 15.9 Å². The van der Waals surface area contributed by atoms with Gasteiger partial charge in [-0.15, -0.1) is 0 Å². The van der Waals surface area contributed by atoms with Gasteiger partial charge >= 0.3 is 0 Å². The van der Waals surface area contributed by atoms with Crippen LogP contribution in [-0.4, -0.2) is 8.32 Å². The Hall–Kier alpha value is -0.193. The molecule has 2 rings (SSSR count). The van der Waals surface area contributed by atoms with E-state index in [-0.39, 0.29) is 17.0 Å². The molecule has 1 unspecified atom stereocenters. The van der Waals surface area contributed by atoms with Gasteiger partial charge in [0.1, 0.15) is 5.82 Å². The highest BCUT2D eigenvalue weighted by molar-refractivity contribution is 9.10. The molecule has 4 heteroatoms. The zero-order valence-electron chi connectivity index (χ0n) is 13.0. The van der Waals surface area contributed by atoms with Gasteiger partial charge in [-0.2, -0.15) is 0 Å². The summed E-state index contributed by atoms with van der Waals surface area (Å²) in [6.45, 7) is 11.3. The summed E-state index contributed by atoms with van der Waals surface area (Å²) >= 11 is 3.28. The first-order valence-corrected chi connectivity index (χ1v) is 10.9. The van der Waals surface area contributed by atoms with Crippen molar-refractivity contribution in [2.45, 2.75) is 57.8 Å². The van der Waals surface area contributed by atoms with Crippen LogP contribution in [0.4, 0.5) is 4.39 Å². The van der Waals surface area contributed by atoms with E-state index in [0.717, 1.165) is 5.56 Å². The van der Waals surface area contributed by atoms with Crippen LogP contribution in [0.1, 0.15) is 45.3 Å². The smallest absolute Gasteiger partial charge is 0.192 e. The first-order valence-electron chi connectivity index (χ1n) is 7.24. The van der Waals surface area contributed by atoms with Crippen LogP contribution < -0.4 is 0 Å². The van der Waals surface area contributed by atoms with Gasteiger partial charge in [-0.1, -0.05) is 26.8 Å². The SMILES string of the molecule is CC(C)(C)[Si](C)(C)OC(c1ccc(F)c(Br)c1)C1CC1. The zero-order chi connectivity index (χ0) is 15.1. The number of halogens is 2. The van der Waals surface area contributed by atoms with Crippen LogP contribution in [0.2, 0.25) is 18.1 Å². The third-order valence-corrected chi connectivity index (χ3v) is 9.61. The number of benzene rings is 1. The Balaban J connectivity index is 2.26. The van der Waals surface area contributed by atoms with Gasteiger partial charge in [0.25, 0.3) is 0 Å². The minimum atomic E-state index is -1.81. The number of hydrogen-bond donors (Lipinski definition) is 0. The maximum Gasteiger partial charge on any atom is 0.192 e. The molecule has 1 fully saturated rings. The van der Waals surface area contributed by atoms with E-state index in [1.54, 1.807) is 0 Å². The second-order valence-electron chi connectivity index (χ2n) is 7.31. The molecule has 1 aliphatic rings. The molecule has 20 heavy (non-hydrogen) atoms. The van der Waals surface area contributed by atoms with Crippen molar-refractivity contribution in [1.29, 1.82) is 0 Å². The van der Waals surface area contributed by atoms with E-state index in [2.05, 4.69) is 49.8 Å². The van der Waals surface area contributed by atoms with Crippen molar-refractivity contribution in [2.24, 2.45) is 5.92 Å². The molecule has 0 N–H and O–H groups in total. The van der Waals surface area contributed by atoms with Crippen LogP contribution in [0.3, 0.4) is 0 Å². The summed E-state index contributed by atoms with van der Waals surface area (Å²) in [5.41, 5.74) is 1.10. The Morgan fingerprint density at radius 1 is 1.30 bits per heavy atom. The molecule has 1 saturated carbocycles. The Morgan fingerprint density at radius 2 is 1.90 bits per heavy atom. The summed E-state index contributed by atoms with van der Waals surface area (Å²) in [5, 5.41) is 0.192. The average Bonchev–Trinajstić information content (AvgIpc) is 3.12. The van der Waals surface area contributed by atoms with Crippen LogP contribution in [0.25, 0.3) is 0 Å². The molecular weight excluding hydrogens is 335 g/mol. The predicted molar refractivity (Wildman–Crippen MR) is 87.8 cm³/mol. The Morgan fingerprint density at radius 3 is 2.35 bits per heavy atom. The lowest BCUT2D eigenvalue weighted by Crippen LogP contribution is -2.42. The molecule has 0 bridgehead atoms. The maximum atomic E-state index is 13.4. The van der Waals surface area contributed by atoms with Gasteiger partial charge < -0.3 is 4.43 Å². The lowest BCUT2D eigenvalue weighted by Gasteiger charge is -2.39. The third-order valence-electron chi connectivity index (χ3n) is 4.55. The van der Waals surface area contributed by atoms with Crippen molar-refractivity contribution in [1.82, 2.24) is 0 Å². The predicted octanol–water partition coefficient (Wildman–Crippen LogP) is 6.06. The highest BCUT2D eigenvalue weighted by atomic mass is 79.9. The summed E-state index contributed by atoms with van der Waals surface area (Å²) in [6, 6.07) is 5.28. The molecule has 0 saturated heterocycles. The van der Waals surface area contributed by atoms with Gasteiger partial charge in [0, 0.05) is 0 Å². The van der Waals surface area contributed by atoms with Crippen molar-refractivity contribution in [2.75, 3.05) is 0 Å². The monoisotopic (exact) mass is 358 g/mol. The van der Waals surface area contributed by atoms with Gasteiger partial charge in [-0.3, -0.25) is 0 Å². The largest absolute Gasteiger partial charge is 0.410 e. The van der Waals surface area contributed by atoms with E-state index < -0.39 is 8.32 Å². The molecule has 0 aromatic heterocycles. The first-order chi connectivity index (χ1) is 9.12. The molecule has 1 atom stereocenters. The van der Waals surface area contributed by atoms with E-state index >= 15 is 0 Å². The Kier molecular flexibility index (Phi) is 4.48. The maximum absolute atomic E-state index is 13.4. The van der Waals surface area contributed by atoms with Crippen molar-refractivity contribution >= 4 is 24.2 Å². The van der Waals surface area contributed by atoms with E-state index in [0.29, 0.717) is 10.4 Å². The number of hydrogen-bond acceptors (Lipinski definition) is 1. The second kappa shape index (κ2) is 5.54. The minimum Gasteiger partial charge on any atom is -0.410 e. The topological polar surface area (TPSA) is 9.23 Å². The van der Waals surface area contributed by atoms with Crippen LogP contribution in [0.5, 0.6) is 0 Å². The van der Waals surface area contributed by atoms with E-state index in [9.17, 15) is 4.39 Å². The van der Waals surface area contributed by atoms with Crippen LogP contribution in [0.15, 0.2) is 22.7 Å². The molecule has 1 aromatic rings. The van der Waals surface area contributed by atoms with Gasteiger partial charge in [0.05, 0.1) is 10.6 Å². The fraction of sp³-hybridized carbons (Fsp3) is 0.625. The zero-order valence-corrected chi connectivity index (χ0v) is 15.6. The molecular formula is C16H24BrFOSi. The molecule has 0 heterocycles. The molecule has 0 aliphatic heterocycles. The summed E-state index contributed by atoms with van der Waals surface area (Å²) in [4.78, 5) is 0. The highest BCUT2D eigenvalue weighted by Crippen LogP contribution is 2.48. The van der Waals surface area contributed by atoms with E-state index in [4.69, 9.17) is 4.43 Å². The Labute approximate surface area is 131 Å². The first kappa shape index (κ1) is 16.2. The summed E-state index contributed by atoms with van der Waals surface area (Å²) in [7, 11) is -1.81. The van der Waals surface area contributed by atoms with Crippen molar-refractivity contribution in [3.05, 3.63) is 34.1 Å². The van der Waals surface area contributed by atoms with Crippen molar-refractivity contribution in [3.63, 3.8) is 0 Å². The quantitative estimate of drug-likeness (QED) is 0.594. The fourth-order valence-electron chi connectivity index (χ4n) is 2.02. The summed E-state index contributed by atoms with van der Waals surface area (Å²) in [5.74, 6) is 0.386. The molecule has 1 aromatic carbocycles. The van der Waals surface area contributed by atoms with Crippen molar-refractivity contribution in [3.8, 4) is 0 Å². The standard InChI is InChI=1S/C16H24BrFOSi/c1-16(2,3)20(4,5)19-15(11-6-7-11)12-8-9-14(18)13(17)10-12/h8-11,15H,6-7H2,1-5H3. The molecule has 0 radical (unpaired) electrons. The molecule has 112 valence electrons. The molecule has 0 amide bonds.